The van der Waals surface area contributed by atoms with Crippen molar-refractivity contribution in [2.45, 2.75) is 96.8 Å². The van der Waals surface area contributed by atoms with E-state index < -0.39 is 5.41 Å². The summed E-state index contributed by atoms with van der Waals surface area (Å²) in [4.78, 5) is 14.9. The van der Waals surface area contributed by atoms with Gasteiger partial charge in [-0.3, -0.25) is 9.98 Å². The largest absolute Gasteiger partial charge is 0.322 e. The van der Waals surface area contributed by atoms with E-state index in [4.69, 9.17) is 9.98 Å². The minimum atomic E-state index is -0.443. The van der Waals surface area contributed by atoms with Gasteiger partial charge < -0.3 is 9.80 Å². The Hall–Kier alpha value is -5.74. The Morgan fingerprint density at radius 2 is 0.702 bits per heavy atom. The number of anilines is 2. The third kappa shape index (κ3) is 4.67. The summed E-state index contributed by atoms with van der Waals surface area (Å²) in [5.74, 6) is 2.13. The molecule has 0 N–H and O–H groups in total. The van der Waals surface area contributed by atoms with E-state index in [-0.39, 0.29) is 22.2 Å². The van der Waals surface area contributed by atoms with Crippen LogP contribution in [0.2, 0.25) is 0 Å². The molecule has 2 aliphatic carbocycles. The van der Waals surface area contributed by atoms with Crippen LogP contribution in [0, 0.1) is 0 Å². The number of hydrogen-bond acceptors (Lipinski definition) is 4. The summed E-state index contributed by atoms with van der Waals surface area (Å²) in [6.45, 7) is 22.4. The minimum absolute atomic E-state index is 0.135. The normalized spacial score (nSPS) is 19.5. The van der Waals surface area contributed by atoms with Crippen molar-refractivity contribution in [3.05, 3.63) is 156 Å². The van der Waals surface area contributed by atoms with Gasteiger partial charge in [-0.1, -0.05) is 97.1 Å². The predicted octanol–water partition coefficient (Wildman–Crippen LogP) is 13.0. The molecule has 0 fully saturated rings. The zero-order chi connectivity index (χ0) is 39.9. The number of amidine groups is 2. The van der Waals surface area contributed by atoms with E-state index in [1.165, 1.54) is 78.1 Å². The molecular weight excluding hydrogens is 693 g/mol. The van der Waals surface area contributed by atoms with Crippen LogP contribution in [0.5, 0.6) is 0 Å². The van der Waals surface area contributed by atoms with Crippen LogP contribution in [-0.4, -0.2) is 33.8 Å². The third-order valence-electron chi connectivity index (χ3n) is 14.6. The molecule has 0 amide bonds. The molecule has 284 valence electrons. The predicted molar refractivity (Wildman–Crippen MR) is 241 cm³/mol. The van der Waals surface area contributed by atoms with E-state index in [9.17, 15) is 0 Å². The second-order valence-electron chi connectivity index (χ2n) is 18.7. The molecule has 57 heavy (non-hydrogen) atoms. The Bertz CT molecular complexity index is 2520. The lowest BCUT2D eigenvalue weighted by molar-refractivity contribution is 0.338. The number of aliphatic imine (C=N–C) groups is 2. The number of nitrogens with zero attached hydrogens (tertiary/aromatic N) is 4. The van der Waals surface area contributed by atoms with E-state index >= 15 is 0 Å². The van der Waals surface area contributed by atoms with Crippen molar-refractivity contribution in [1.29, 1.82) is 0 Å². The van der Waals surface area contributed by atoms with Crippen molar-refractivity contribution in [1.82, 2.24) is 0 Å². The highest BCUT2D eigenvalue weighted by Crippen LogP contribution is 2.63. The molecule has 4 nitrogen and oxygen atoms in total. The van der Waals surface area contributed by atoms with Crippen molar-refractivity contribution >= 4 is 23.0 Å². The second kappa shape index (κ2) is 11.7. The molecule has 2 aliphatic heterocycles. The molecule has 10 rings (SSSR count). The molecule has 0 bridgehead atoms. The van der Waals surface area contributed by atoms with Crippen molar-refractivity contribution in [3.8, 4) is 44.5 Å². The van der Waals surface area contributed by atoms with E-state index in [2.05, 4.69) is 212 Å². The zero-order valence-electron chi connectivity index (χ0n) is 35.0. The van der Waals surface area contributed by atoms with E-state index in [1.54, 1.807) is 0 Å². The maximum absolute atomic E-state index is 5.04. The van der Waals surface area contributed by atoms with E-state index in [0.717, 1.165) is 11.7 Å². The fourth-order valence-corrected chi connectivity index (χ4v) is 10.7. The van der Waals surface area contributed by atoms with Crippen LogP contribution in [0.3, 0.4) is 0 Å². The first-order valence-electron chi connectivity index (χ1n) is 20.5. The topological polar surface area (TPSA) is 31.2 Å². The van der Waals surface area contributed by atoms with Gasteiger partial charge in [0, 0.05) is 11.4 Å². The summed E-state index contributed by atoms with van der Waals surface area (Å²) in [5.41, 5.74) is 16.8. The lowest BCUT2D eigenvalue weighted by Gasteiger charge is -2.41. The highest BCUT2D eigenvalue weighted by molar-refractivity contribution is 6.02. The Balaban J connectivity index is 1.10. The highest BCUT2D eigenvalue weighted by Gasteiger charge is 2.52. The quantitative estimate of drug-likeness (QED) is 0.180. The average molecular weight is 745 g/mol. The first-order valence-corrected chi connectivity index (χ1v) is 20.5. The van der Waals surface area contributed by atoms with Crippen molar-refractivity contribution in [2.75, 3.05) is 9.80 Å². The summed E-state index contributed by atoms with van der Waals surface area (Å²) in [5, 5.41) is 0. The van der Waals surface area contributed by atoms with Crippen LogP contribution in [0.4, 0.5) is 11.4 Å². The van der Waals surface area contributed by atoms with Crippen LogP contribution >= 0.6 is 0 Å². The van der Waals surface area contributed by atoms with Gasteiger partial charge in [-0.15, -0.1) is 0 Å². The van der Waals surface area contributed by atoms with Crippen molar-refractivity contribution in [3.63, 3.8) is 0 Å². The number of fused-ring (bicyclic) bond motifs is 10. The van der Waals surface area contributed by atoms with Gasteiger partial charge in [-0.2, -0.15) is 0 Å². The Labute approximate surface area is 338 Å². The third-order valence-corrected chi connectivity index (χ3v) is 14.6. The molecule has 0 atom stereocenters. The van der Waals surface area contributed by atoms with Gasteiger partial charge in [0.25, 0.3) is 0 Å². The molecule has 0 saturated carbocycles. The number of rotatable bonds is 4. The Morgan fingerprint density at radius 1 is 0.368 bits per heavy atom. The first-order chi connectivity index (χ1) is 27.1. The molecule has 0 saturated heterocycles. The summed E-state index contributed by atoms with van der Waals surface area (Å²) < 4.78 is 0. The maximum Gasteiger partial charge on any atom is 0.102 e. The van der Waals surface area contributed by atoms with Gasteiger partial charge in [0.2, 0.25) is 0 Å². The molecule has 0 unspecified atom stereocenters. The molecular formula is C53H52N4. The molecule has 6 aromatic rings. The van der Waals surface area contributed by atoms with Crippen LogP contribution < -0.4 is 9.80 Å². The molecule has 0 aromatic heterocycles. The fourth-order valence-electron chi connectivity index (χ4n) is 10.7. The van der Waals surface area contributed by atoms with Gasteiger partial charge in [-0.25, -0.2) is 0 Å². The van der Waals surface area contributed by atoms with Crippen LogP contribution in [0.15, 0.2) is 143 Å². The molecule has 4 heteroatoms. The SMILES string of the molecule is CC1=NC(C)(C)C(C)(C)N1c1ccc(-c2ccc3c(c2)C2(c4ccccc4-c4ccccc42)c2cc(-c4ccc(N5C(C)=NC(C)(C)C5(C)C)cc4)ccc2-3)cc1. The monoisotopic (exact) mass is 744 g/mol. The summed E-state index contributed by atoms with van der Waals surface area (Å²) >= 11 is 0. The smallest absolute Gasteiger partial charge is 0.102 e. The number of hydrogen-bond donors (Lipinski definition) is 0. The van der Waals surface area contributed by atoms with Crippen molar-refractivity contribution in [2.24, 2.45) is 9.98 Å². The van der Waals surface area contributed by atoms with Gasteiger partial charge in [0.15, 0.2) is 0 Å². The maximum atomic E-state index is 5.04. The molecule has 4 aliphatic rings. The highest BCUT2D eigenvalue weighted by atomic mass is 15.3. The molecule has 1 spiro atoms. The molecule has 0 radical (unpaired) electrons. The van der Waals surface area contributed by atoms with Crippen LogP contribution in [0.25, 0.3) is 44.5 Å². The summed E-state index contributed by atoms with van der Waals surface area (Å²) in [7, 11) is 0. The minimum Gasteiger partial charge on any atom is -0.322 e. The lowest BCUT2D eigenvalue weighted by atomic mass is 9.70. The molecule has 6 aromatic carbocycles. The lowest BCUT2D eigenvalue weighted by Crippen LogP contribution is -2.52. The van der Waals surface area contributed by atoms with Gasteiger partial charge in [-0.05, 0) is 172 Å². The first kappa shape index (κ1) is 35.7. The van der Waals surface area contributed by atoms with E-state index in [0.29, 0.717) is 0 Å². The second-order valence-corrected chi connectivity index (χ2v) is 18.7. The summed E-state index contributed by atoms with van der Waals surface area (Å²) in [6.07, 6.45) is 0. The van der Waals surface area contributed by atoms with Crippen LogP contribution in [0.1, 0.15) is 91.5 Å². The Kier molecular flexibility index (Phi) is 7.30. The number of benzene rings is 6. The molecule has 2 heterocycles. The van der Waals surface area contributed by atoms with Gasteiger partial charge in [0.05, 0.1) is 27.6 Å². The fraction of sp³-hybridized carbons (Fsp3) is 0.283. The van der Waals surface area contributed by atoms with Gasteiger partial charge in [0.1, 0.15) is 11.7 Å². The van der Waals surface area contributed by atoms with E-state index in [1.807, 2.05) is 0 Å². The zero-order valence-corrected chi connectivity index (χ0v) is 35.0. The van der Waals surface area contributed by atoms with Crippen LogP contribution in [-0.2, 0) is 5.41 Å². The standard InChI is InChI=1S/C53H52N4/c1-33-54-49(3,4)51(7,8)56(33)39-25-19-35(20-26-39)37-23-29-43-44-30-24-38(36-21-27-40(28-22-36)57-34(2)55-50(5,6)52(57,9)10)32-48(44)53(47(43)31-37)45-17-13-11-15-41(45)42-16-12-14-18-46(42)53/h11-32H,1-10H3. The Morgan fingerprint density at radius 3 is 1.05 bits per heavy atom. The van der Waals surface area contributed by atoms with Crippen molar-refractivity contribution < 1.29 is 0 Å². The summed E-state index contributed by atoms with van der Waals surface area (Å²) in [6, 6.07) is 50.7. The van der Waals surface area contributed by atoms with Gasteiger partial charge >= 0.3 is 0 Å². The average Bonchev–Trinajstić information content (AvgIpc) is 3.76.